The molecule has 0 bridgehead atoms. The smallest absolute Gasteiger partial charge is 0.851 e. The van der Waals surface area contributed by atoms with Crippen LogP contribution in [0.1, 0.15) is 20.8 Å². The molecule has 0 aromatic heterocycles. The Balaban J connectivity index is 0.00000180. The molecular weight excluding hydrogens is 243 g/mol. The molecule has 1 nitrogen and oxygen atoms in total. The van der Waals surface area contributed by atoms with Crippen molar-refractivity contribution in [1.29, 1.82) is 0 Å². The van der Waals surface area contributed by atoms with E-state index in [4.69, 9.17) is 0 Å². The van der Waals surface area contributed by atoms with E-state index >= 15 is 0 Å². The topological polar surface area (TPSA) is 23.1 Å². The first-order chi connectivity index (χ1) is 8.46. The summed E-state index contributed by atoms with van der Waals surface area (Å²) >= 11 is 0. The van der Waals surface area contributed by atoms with Gasteiger partial charge >= 0.3 is 18.9 Å². The molecule has 0 fully saturated rings. The normalized spacial score (nSPS) is 11.8. The van der Waals surface area contributed by atoms with E-state index in [1.807, 2.05) is 60.7 Å². The van der Waals surface area contributed by atoms with Gasteiger partial charge in [0.25, 0.3) is 0 Å². The van der Waals surface area contributed by atoms with E-state index in [9.17, 15) is 4.80 Å². The monoisotopic (exact) mass is 262 g/mol. The van der Waals surface area contributed by atoms with Crippen molar-refractivity contribution in [2.45, 2.75) is 25.8 Å². The van der Waals surface area contributed by atoms with Crippen molar-refractivity contribution in [3.63, 3.8) is 0 Å². The Hall–Kier alpha value is -0.786. The van der Waals surface area contributed by atoms with Crippen LogP contribution >= 0.6 is 0 Å². The predicted octanol–water partition coefficient (Wildman–Crippen LogP) is -1.09. The van der Waals surface area contributed by atoms with E-state index in [1.165, 1.54) is 0 Å². The molecule has 2 aromatic rings. The van der Waals surface area contributed by atoms with Crippen LogP contribution in [0.5, 0.6) is 0 Å². The summed E-state index contributed by atoms with van der Waals surface area (Å²) in [6, 6.07) is 19.7. The van der Waals surface area contributed by atoms with Gasteiger partial charge < -0.3 is 4.80 Å². The third kappa shape index (κ3) is 3.04. The molecule has 2 aromatic carbocycles. The second-order valence-corrected chi connectivity index (χ2v) is 9.68. The largest absolute Gasteiger partial charge is 1.00 e. The van der Waals surface area contributed by atoms with Crippen LogP contribution in [0.3, 0.4) is 0 Å². The standard InChI is InChI=1S/C16H19OSi.Li/c1-16(2,3)18(17,14-10-6-4-7-11-14)15-12-8-5-9-13-15;/h4-13H,1-3H3;/q-1;+1. The molecule has 0 N–H and O–H groups in total. The van der Waals surface area contributed by atoms with Gasteiger partial charge in [0.1, 0.15) is 0 Å². The molecular formula is C16H19LiOSi. The Bertz CT molecular complexity index is 466. The second kappa shape index (κ2) is 6.11. The molecule has 0 amide bonds. The molecule has 2 rings (SSSR count). The van der Waals surface area contributed by atoms with Crippen molar-refractivity contribution in [3.05, 3.63) is 60.7 Å². The summed E-state index contributed by atoms with van der Waals surface area (Å²) in [6.45, 7) is 6.19. The van der Waals surface area contributed by atoms with Crippen molar-refractivity contribution in [2.24, 2.45) is 0 Å². The molecule has 0 aliphatic heterocycles. The fourth-order valence-corrected chi connectivity index (χ4v) is 5.77. The molecule has 0 saturated carbocycles. The van der Waals surface area contributed by atoms with Crippen LogP contribution in [0.15, 0.2) is 60.7 Å². The fraction of sp³-hybridized carbons (Fsp3) is 0.250. The number of rotatable bonds is 2. The Labute approximate surface area is 129 Å². The zero-order valence-electron chi connectivity index (χ0n) is 12.2. The quantitative estimate of drug-likeness (QED) is 0.631. The van der Waals surface area contributed by atoms with Gasteiger partial charge in [-0.3, -0.25) is 0 Å². The van der Waals surface area contributed by atoms with Gasteiger partial charge in [-0.15, -0.1) is 0 Å². The summed E-state index contributed by atoms with van der Waals surface area (Å²) in [5.74, 6) is 0. The first-order valence-corrected chi connectivity index (χ1v) is 8.18. The third-order valence-electron chi connectivity index (χ3n) is 3.42. The van der Waals surface area contributed by atoms with Crippen LogP contribution in [0.4, 0.5) is 0 Å². The van der Waals surface area contributed by atoms with Gasteiger partial charge in [-0.25, -0.2) is 0 Å². The van der Waals surface area contributed by atoms with E-state index in [0.29, 0.717) is 0 Å². The van der Waals surface area contributed by atoms with Crippen LogP contribution in [0, 0.1) is 0 Å². The van der Waals surface area contributed by atoms with E-state index < -0.39 is 8.32 Å². The number of hydrogen-bond donors (Lipinski definition) is 0. The zero-order valence-corrected chi connectivity index (χ0v) is 13.2. The van der Waals surface area contributed by atoms with Crippen LogP contribution in [0.25, 0.3) is 0 Å². The molecule has 0 saturated heterocycles. The van der Waals surface area contributed by atoms with Gasteiger partial charge in [-0.1, -0.05) is 91.8 Å². The molecule has 0 radical (unpaired) electrons. The third-order valence-corrected chi connectivity index (χ3v) is 7.82. The fourth-order valence-electron chi connectivity index (χ4n) is 2.38. The SMILES string of the molecule is CC(C)(C)[Si]([O-])(c1ccccc1)c1ccccc1.[Li+]. The Morgan fingerprint density at radius 3 is 1.32 bits per heavy atom. The van der Waals surface area contributed by atoms with Gasteiger partial charge in [0, 0.05) is 8.32 Å². The average molecular weight is 262 g/mol. The van der Waals surface area contributed by atoms with Crippen LogP contribution in [-0.4, -0.2) is 8.32 Å². The van der Waals surface area contributed by atoms with Gasteiger partial charge in [0.2, 0.25) is 0 Å². The van der Waals surface area contributed by atoms with Crippen LogP contribution < -0.4 is 34.0 Å². The minimum absolute atomic E-state index is 0. The predicted molar refractivity (Wildman–Crippen MR) is 77.6 cm³/mol. The van der Waals surface area contributed by atoms with Crippen molar-refractivity contribution in [3.8, 4) is 0 Å². The maximum Gasteiger partial charge on any atom is 1.00 e. The van der Waals surface area contributed by atoms with Crippen molar-refractivity contribution in [2.75, 3.05) is 0 Å². The van der Waals surface area contributed by atoms with Crippen LogP contribution in [0.2, 0.25) is 5.04 Å². The molecule has 0 aliphatic rings. The van der Waals surface area contributed by atoms with Gasteiger partial charge in [0.05, 0.1) is 0 Å². The minimum Gasteiger partial charge on any atom is -0.851 e. The molecule has 0 aliphatic carbocycles. The van der Waals surface area contributed by atoms with Gasteiger partial charge in [0.15, 0.2) is 0 Å². The number of hydrogen-bond acceptors (Lipinski definition) is 1. The van der Waals surface area contributed by atoms with Crippen LogP contribution in [-0.2, 0) is 0 Å². The molecule has 0 spiro atoms. The molecule has 0 atom stereocenters. The molecule has 19 heavy (non-hydrogen) atoms. The van der Waals surface area contributed by atoms with E-state index in [-0.39, 0.29) is 23.9 Å². The molecule has 3 heteroatoms. The summed E-state index contributed by atoms with van der Waals surface area (Å²) in [7, 11) is -2.95. The summed E-state index contributed by atoms with van der Waals surface area (Å²) in [6.07, 6.45) is 0. The molecule has 0 heterocycles. The van der Waals surface area contributed by atoms with Crippen molar-refractivity contribution >= 4 is 18.7 Å². The first-order valence-electron chi connectivity index (χ1n) is 6.28. The second-order valence-electron chi connectivity index (χ2n) is 5.66. The summed E-state index contributed by atoms with van der Waals surface area (Å²) < 4.78 is 0. The minimum atomic E-state index is -2.95. The van der Waals surface area contributed by atoms with Gasteiger partial charge in [-0.2, -0.15) is 0 Å². The Morgan fingerprint density at radius 1 is 0.737 bits per heavy atom. The zero-order chi connectivity index (χ0) is 13.2. The Morgan fingerprint density at radius 2 is 1.05 bits per heavy atom. The summed E-state index contributed by atoms with van der Waals surface area (Å²) in [5, 5.41) is 1.67. The summed E-state index contributed by atoms with van der Waals surface area (Å²) in [4.78, 5) is 13.7. The maximum atomic E-state index is 13.7. The van der Waals surface area contributed by atoms with Gasteiger partial charge in [-0.05, 0) is 5.04 Å². The average Bonchev–Trinajstić information content (AvgIpc) is 2.38. The van der Waals surface area contributed by atoms with E-state index in [2.05, 4.69) is 20.8 Å². The van der Waals surface area contributed by atoms with Crippen molar-refractivity contribution < 1.29 is 23.7 Å². The molecule has 0 unspecified atom stereocenters. The first kappa shape index (κ1) is 16.3. The van der Waals surface area contributed by atoms with E-state index in [0.717, 1.165) is 10.4 Å². The Kier molecular flexibility index (Phi) is 5.23. The molecule has 94 valence electrons. The van der Waals surface area contributed by atoms with E-state index in [1.54, 1.807) is 0 Å². The maximum absolute atomic E-state index is 13.7. The summed E-state index contributed by atoms with van der Waals surface area (Å²) in [5.41, 5.74) is 0. The van der Waals surface area contributed by atoms with Crippen molar-refractivity contribution in [1.82, 2.24) is 0 Å². The number of benzene rings is 2.